The fourth-order valence-electron chi connectivity index (χ4n) is 1.10. The Morgan fingerprint density at radius 1 is 1.73 bits per heavy atom. The molecule has 0 aromatic rings. The molecule has 1 aliphatic rings. The zero-order chi connectivity index (χ0) is 8.27. The predicted molar refractivity (Wildman–Crippen MR) is 37.7 cm³/mol. The molecule has 0 bridgehead atoms. The van der Waals surface area contributed by atoms with Gasteiger partial charge in [0.2, 0.25) is 0 Å². The molecule has 64 valence electrons. The van der Waals surface area contributed by atoms with Gasteiger partial charge >= 0.3 is 6.03 Å². The highest BCUT2D eigenvalue weighted by molar-refractivity contribution is 5.71. The predicted octanol–water partition coefficient (Wildman–Crippen LogP) is -0.848. The summed E-state index contributed by atoms with van der Waals surface area (Å²) in [6, 6.07) is -0.589. The molecule has 2 amide bonds. The summed E-state index contributed by atoms with van der Waals surface area (Å²) in [5.41, 5.74) is 4.87. The Balaban J connectivity index is 2.24. The van der Waals surface area contributed by atoms with Gasteiger partial charge in [0.1, 0.15) is 6.23 Å². The Hall–Kier alpha value is -0.810. The van der Waals surface area contributed by atoms with Crippen molar-refractivity contribution in [2.24, 2.45) is 5.73 Å². The van der Waals surface area contributed by atoms with Crippen LogP contribution in [0.15, 0.2) is 0 Å². The average Bonchev–Trinajstić information content (AvgIpc) is 2.34. The minimum Gasteiger partial charge on any atom is -0.394 e. The molecular formula is C6H12N2O3. The topological polar surface area (TPSA) is 84.6 Å². The number of urea groups is 1. The number of carbonyl (C=O) groups excluding carboxylic acids is 1. The maximum Gasteiger partial charge on any atom is 0.314 e. The molecule has 0 aromatic heterocycles. The van der Waals surface area contributed by atoms with Crippen molar-refractivity contribution in [1.29, 1.82) is 0 Å². The molecule has 11 heavy (non-hydrogen) atoms. The Labute approximate surface area is 64.5 Å². The average molecular weight is 160 g/mol. The van der Waals surface area contributed by atoms with E-state index in [0.29, 0.717) is 6.42 Å². The van der Waals surface area contributed by atoms with Gasteiger partial charge in [0.25, 0.3) is 0 Å². The van der Waals surface area contributed by atoms with Gasteiger partial charge in [-0.1, -0.05) is 0 Å². The smallest absolute Gasteiger partial charge is 0.314 e. The third-order valence-corrected chi connectivity index (χ3v) is 1.61. The minimum atomic E-state index is -0.589. The lowest BCUT2D eigenvalue weighted by Gasteiger charge is -2.11. The normalized spacial score (nSPS) is 30.3. The molecule has 4 N–H and O–H groups in total. The van der Waals surface area contributed by atoms with Crippen LogP contribution in [0.3, 0.4) is 0 Å². The van der Waals surface area contributed by atoms with E-state index >= 15 is 0 Å². The SMILES string of the molecule is NC(=O)N[C@H]1CC[C@@H](CO)O1. The highest BCUT2D eigenvalue weighted by Crippen LogP contribution is 2.16. The van der Waals surface area contributed by atoms with Gasteiger partial charge in [0, 0.05) is 0 Å². The monoisotopic (exact) mass is 160 g/mol. The molecule has 1 aliphatic heterocycles. The second-order valence-corrected chi connectivity index (χ2v) is 2.52. The van der Waals surface area contributed by atoms with Crippen LogP contribution in [-0.2, 0) is 4.74 Å². The lowest BCUT2D eigenvalue weighted by Crippen LogP contribution is -2.38. The van der Waals surface area contributed by atoms with E-state index in [4.69, 9.17) is 15.6 Å². The van der Waals surface area contributed by atoms with Crippen molar-refractivity contribution in [3.05, 3.63) is 0 Å². The summed E-state index contributed by atoms with van der Waals surface area (Å²) in [7, 11) is 0. The first-order chi connectivity index (χ1) is 5.22. The second-order valence-electron chi connectivity index (χ2n) is 2.52. The van der Waals surface area contributed by atoms with Gasteiger partial charge in [0.15, 0.2) is 0 Å². The fraction of sp³-hybridized carbons (Fsp3) is 0.833. The molecule has 1 rings (SSSR count). The molecule has 5 nitrogen and oxygen atoms in total. The van der Waals surface area contributed by atoms with Gasteiger partial charge in [-0.2, -0.15) is 0 Å². The van der Waals surface area contributed by atoms with E-state index in [-0.39, 0.29) is 18.9 Å². The number of rotatable bonds is 2. The number of amides is 2. The molecule has 0 aliphatic carbocycles. The largest absolute Gasteiger partial charge is 0.394 e. The number of ether oxygens (including phenoxy) is 1. The molecule has 2 atom stereocenters. The highest BCUT2D eigenvalue weighted by atomic mass is 16.5. The first-order valence-electron chi connectivity index (χ1n) is 3.54. The van der Waals surface area contributed by atoms with Crippen LogP contribution in [-0.4, -0.2) is 30.1 Å². The molecule has 0 aromatic carbocycles. The van der Waals surface area contributed by atoms with Crippen molar-refractivity contribution in [3.63, 3.8) is 0 Å². The summed E-state index contributed by atoms with van der Waals surface area (Å²) in [4.78, 5) is 10.3. The Kier molecular flexibility index (Phi) is 2.67. The van der Waals surface area contributed by atoms with E-state index in [1.165, 1.54) is 0 Å². The van der Waals surface area contributed by atoms with Crippen molar-refractivity contribution >= 4 is 6.03 Å². The summed E-state index contributed by atoms with van der Waals surface area (Å²) >= 11 is 0. The van der Waals surface area contributed by atoms with Crippen molar-refractivity contribution in [2.75, 3.05) is 6.61 Å². The number of carbonyl (C=O) groups is 1. The van der Waals surface area contributed by atoms with Gasteiger partial charge in [-0.25, -0.2) is 4.79 Å². The lowest BCUT2D eigenvalue weighted by atomic mass is 10.2. The zero-order valence-electron chi connectivity index (χ0n) is 6.12. The van der Waals surface area contributed by atoms with Gasteiger partial charge in [-0.05, 0) is 12.8 Å². The summed E-state index contributed by atoms with van der Waals surface area (Å²) in [6.07, 6.45) is 1.02. The van der Waals surface area contributed by atoms with E-state index in [2.05, 4.69) is 5.32 Å². The fourth-order valence-corrected chi connectivity index (χ4v) is 1.10. The van der Waals surface area contributed by atoms with E-state index in [1.807, 2.05) is 0 Å². The third kappa shape index (κ3) is 2.36. The van der Waals surface area contributed by atoms with Crippen molar-refractivity contribution < 1.29 is 14.6 Å². The van der Waals surface area contributed by atoms with Crippen LogP contribution < -0.4 is 11.1 Å². The highest BCUT2D eigenvalue weighted by Gasteiger charge is 2.24. The standard InChI is InChI=1S/C6H12N2O3/c7-6(10)8-5-2-1-4(3-9)11-5/h4-5,9H,1-3H2,(H3,7,8,10)/t4-,5+/m0/s1. The first kappa shape index (κ1) is 8.29. The number of hydrogen-bond donors (Lipinski definition) is 3. The minimum absolute atomic E-state index is 0.00303. The van der Waals surface area contributed by atoms with Crippen LogP contribution >= 0.6 is 0 Å². The molecule has 0 radical (unpaired) electrons. The molecule has 1 fully saturated rings. The third-order valence-electron chi connectivity index (χ3n) is 1.61. The summed E-state index contributed by atoms with van der Waals surface area (Å²) in [6.45, 7) is -0.00303. The van der Waals surface area contributed by atoms with Crippen LogP contribution in [0.2, 0.25) is 0 Å². The van der Waals surface area contributed by atoms with E-state index in [1.54, 1.807) is 0 Å². The summed E-state index contributed by atoms with van der Waals surface area (Å²) in [5, 5.41) is 11.1. The Morgan fingerprint density at radius 3 is 2.91 bits per heavy atom. The number of hydrogen-bond acceptors (Lipinski definition) is 3. The second kappa shape index (κ2) is 3.54. The quantitative estimate of drug-likeness (QED) is 0.492. The van der Waals surface area contributed by atoms with Crippen molar-refractivity contribution in [3.8, 4) is 0 Å². The van der Waals surface area contributed by atoms with Crippen LogP contribution in [0.25, 0.3) is 0 Å². The van der Waals surface area contributed by atoms with Gasteiger partial charge in [-0.3, -0.25) is 0 Å². The maximum absolute atomic E-state index is 10.3. The molecule has 0 unspecified atom stereocenters. The molecule has 1 heterocycles. The van der Waals surface area contributed by atoms with Crippen molar-refractivity contribution in [1.82, 2.24) is 5.32 Å². The van der Waals surface area contributed by atoms with Crippen LogP contribution in [0.5, 0.6) is 0 Å². The molecular weight excluding hydrogens is 148 g/mol. The zero-order valence-corrected chi connectivity index (χ0v) is 6.12. The van der Waals surface area contributed by atoms with Crippen molar-refractivity contribution in [2.45, 2.75) is 25.2 Å². The number of aliphatic hydroxyl groups excluding tert-OH is 1. The maximum atomic E-state index is 10.3. The van der Waals surface area contributed by atoms with Crippen LogP contribution in [0.1, 0.15) is 12.8 Å². The summed E-state index contributed by atoms with van der Waals surface area (Å²) in [5.74, 6) is 0. The van der Waals surface area contributed by atoms with Gasteiger partial charge in [0.05, 0.1) is 12.7 Å². The van der Waals surface area contributed by atoms with Crippen LogP contribution in [0.4, 0.5) is 4.79 Å². The molecule has 5 heteroatoms. The summed E-state index contributed by atoms with van der Waals surface area (Å²) < 4.78 is 5.16. The number of nitrogens with two attached hydrogens (primary N) is 1. The van der Waals surface area contributed by atoms with Crippen LogP contribution in [0, 0.1) is 0 Å². The molecule has 0 saturated carbocycles. The first-order valence-corrected chi connectivity index (χ1v) is 3.54. The number of aliphatic hydroxyl groups is 1. The van der Waals surface area contributed by atoms with Gasteiger partial charge in [-0.15, -0.1) is 0 Å². The van der Waals surface area contributed by atoms with Gasteiger partial charge < -0.3 is 20.9 Å². The molecule has 0 spiro atoms. The lowest BCUT2D eigenvalue weighted by molar-refractivity contribution is 0.00296. The number of primary amides is 1. The van der Waals surface area contributed by atoms with E-state index < -0.39 is 6.03 Å². The number of nitrogens with one attached hydrogen (secondary N) is 1. The van der Waals surface area contributed by atoms with E-state index in [0.717, 1.165) is 6.42 Å². The van der Waals surface area contributed by atoms with E-state index in [9.17, 15) is 4.79 Å². The Bertz CT molecular complexity index is 151. The Morgan fingerprint density at radius 2 is 2.45 bits per heavy atom. The molecule has 1 saturated heterocycles.